The van der Waals surface area contributed by atoms with E-state index in [-0.39, 0.29) is 6.54 Å². The van der Waals surface area contributed by atoms with Crippen molar-refractivity contribution >= 4 is 29.1 Å². The molecule has 0 saturated heterocycles. The van der Waals surface area contributed by atoms with Gasteiger partial charge in [-0.3, -0.25) is 9.59 Å². The van der Waals surface area contributed by atoms with E-state index in [9.17, 15) is 19.1 Å². The van der Waals surface area contributed by atoms with E-state index in [1.807, 2.05) is 0 Å². The molecule has 7 heteroatoms. The summed E-state index contributed by atoms with van der Waals surface area (Å²) in [5.74, 6) is -2.20. The van der Waals surface area contributed by atoms with Gasteiger partial charge in [-0.1, -0.05) is 29.8 Å². The maximum atomic E-state index is 12.8. The van der Waals surface area contributed by atoms with Crippen LogP contribution in [0.3, 0.4) is 0 Å². The number of hydrogen-bond donors (Lipinski definition) is 3. The fraction of sp³-hybridized carbons (Fsp3) is 0.125. The Morgan fingerprint density at radius 1 is 1.13 bits per heavy atom. The van der Waals surface area contributed by atoms with Gasteiger partial charge in [-0.2, -0.15) is 0 Å². The number of rotatable bonds is 4. The number of aliphatic hydroxyl groups excluding tert-OH is 1. The Morgan fingerprint density at radius 2 is 1.83 bits per heavy atom. The quantitative estimate of drug-likeness (QED) is 0.749. The van der Waals surface area contributed by atoms with E-state index in [0.717, 1.165) is 0 Å². The second kappa shape index (κ2) is 7.71. The highest BCUT2D eigenvalue weighted by Crippen LogP contribution is 2.15. The van der Waals surface area contributed by atoms with Gasteiger partial charge in [0, 0.05) is 17.3 Å². The summed E-state index contributed by atoms with van der Waals surface area (Å²) in [7, 11) is 0. The van der Waals surface area contributed by atoms with Crippen molar-refractivity contribution in [1.82, 2.24) is 5.32 Å². The highest BCUT2D eigenvalue weighted by molar-refractivity contribution is 6.39. The number of aliphatic hydroxyl groups is 1. The van der Waals surface area contributed by atoms with Gasteiger partial charge in [0.2, 0.25) is 0 Å². The van der Waals surface area contributed by atoms with Crippen LogP contribution in [0.15, 0.2) is 48.5 Å². The molecule has 0 aliphatic heterocycles. The van der Waals surface area contributed by atoms with Crippen LogP contribution >= 0.6 is 11.6 Å². The van der Waals surface area contributed by atoms with Crippen molar-refractivity contribution in [1.29, 1.82) is 0 Å². The minimum atomic E-state index is -1.04. The number of nitrogens with one attached hydrogen (secondary N) is 2. The van der Waals surface area contributed by atoms with E-state index >= 15 is 0 Å². The van der Waals surface area contributed by atoms with Crippen LogP contribution in [0.1, 0.15) is 11.7 Å². The topological polar surface area (TPSA) is 78.4 Å². The van der Waals surface area contributed by atoms with Gasteiger partial charge in [0.1, 0.15) is 5.82 Å². The third-order valence-corrected chi connectivity index (χ3v) is 3.23. The predicted molar refractivity (Wildman–Crippen MR) is 84.5 cm³/mol. The van der Waals surface area contributed by atoms with Crippen LogP contribution in [0.2, 0.25) is 5.02 Å². The van der Waals surface area contributed by atoms with Crippen molar-refractivity contribution in [2.75, 3.05) is 11.9 Å². The number of benzene rings is 2. The second-order valence-corrected chi connectivity index (χ2v) is 5.18. The Morgan fingerprint density at radius 3 is 2.48 bits per heavy atom. The average Bonchev–Trinajstić information content (AvgIpc) is 2.53. The summed E-state index contributed by atoms with van der Waals surface area (Å²) in [5.41, 5.74) is 0.818. The van der Waals surface area contributed by atoms with Crippen molar-refractivity contribution in [2.45, 2.75) is 6.10 Å². The first-order valence-electron chi connectivity index (χ1n) is 6.74. The van der Waals surface area contributed by atoms with Crippen LogP contribution in [0.5, 0.6) is 0 Å². The van der Waals surface area contributed by atoms with Crippen LogP contribution in [0.25, 0.3) is 0 Å². The van der Waals surface area contributed by atoms with Gasteiger partial charge >= 0.3 is 11.8 Å². The van der Waals surface area contributed by atoms with Gasteiger partial charge in [-0.05, 0) is 35.9 Å². The SMILES string of the molecule is O=C(NCC(O)c1ccc(F)cc1)C(=O)Nc1cccc(Cl)c1. The summed E-state index contributed by atoms with van der Waals surface area (Å²) in [6.45, 7) is -0.173. The molecule has 120 valence electrons. The average molecular weight is 337 g/mol. The number of hydrogen-bond acceptors (Lipinski definition) is 3. The van der Waals surface area contributed by atoms with Gasteiger partial charge in [0.05, 0.1) is 6.10 Å². The zero-order valence-electron chi connectivity index (χ0n) is 11.9. The monoisotopic (exact) mass is 336 g/mol. The molecule has 23 heavy (non-hydrogen) atoms. The number of carbonyl (C=O) groups is 2. The normalized spacial score (nSPS) is 11.6. The van der Waals surface area contributed by atoms with E-state index in [1.54, 1.807) is 18.2 Å². The Labute approximate surface area is 137 Å². The molecule has 1 atom stereocenters. The van der Waals surface area contributed by atoms with E-state index in [2.05, 4.69) is 10.6 Å². The van der Waals surface area contributed by atoms with Crippen LogP contribution < -0.4 is 10.6 Å². The molecule has 0 heterocycles. The molecule has 0 aromatic heterocycles. The molecule has 2 rings (SSSR count). The van der Waals surface area contributed by atoms with Crippen molar-refractivity contribution in [2.24, 2.45) is 0 Å². The molecule has 2 aromatic rings. The Hall–Kier alpha value is -2.44. The van der Waals surface area contributed by atoms with E-state index in [0.29, 0.717) is 16.3 Å². The minimum absolute atomic E-state index is 0.173. The zero-order chi connectivity index (χ0) is 16.8. The molecule has 0 fully saturated rings. The second-order valence-electron chi connectivity index (χ2n) is 4.74. The molecule has 0 radical (unpaired) electrons. The van der Waals surface area contributed by atoms with E-state index in [4.69, 9.17) is 11.6 Å². The Kier molecular flexibility index (Phi) is 5.67. The molecule has 0 saturated carbocycles. The first kappa shape index (κ1) is 16.9. The van der Waals surface area contributed by atoms with Gasteiger partial charge in [0.25, 0.3) is 0 Å². The van der Waals surface area contributed by atoms with Crippen molar-refractivity contribution in [3.8, 4) is 0 Å². The lowest BCUT2D eigenvalue weighted by Crippen LogP contribution is -2.37. The van der Waals surface area contributed by atoms with Gasteiger partial charge < -0.3 is 15.7 Å². The summed E-state index contributed by atoms with van der Waals surface area (Å²) in [4.78, 5) is 23.4. The van der Waals surface area contributed by atoms with Crippen molar-refractivity contribution in [3.05, 3.63) is 64.9 Å². The standard InChI is InChI=1S/C16H14ClFN2O3/c17-11-2-1-3-13(8-11)20-16(23)15(22)19-9-14(21)10-4-6-12(18)7-5-10/h1-8,14,21H,9H2,(H,19,22)(H,20,23). The molecule has 0 aliphatic carbocycles. The first-order chi connectivity index (χ1) is 11.0. The summed E-state index contributed by atoms with van der Waals surface area (Å²) < 4.78 is 12.8. The Bertz CT molecular complexity index is 707. The third kappa shape index (κ3) is 5.05. The molecule has 5 nitrogen and oxygen atoms in total. The number of anilines is 1. The lowest BCUT2D eigenvalue weighted by molar-refractivity contribution is -0.136. The van der Waals surface area contributed by atoms with E-state index in [1.165, 1.54) is 30.3 Å². The molecule has 0 bridgehead atoms. The van der Waals surface area contributed by atoms with E-state index < -0.39 is 23.7 Å². The molecular weight excluding hydrogens is 323 g/mol. The molecule has 0 spiro atoms. The van der Waals surface area contributed by atoms with Crippen LogP contribution in [0.4, 0.5) is 10.1 Å². The molecular formula is C16H14ClFN2O3. The highest BCUT2D eigenvalue weighted by atomic mass is 35.5. The molecule has 1 unspecified atom stereocenters. The number of halogens is 2. The van der Waals surface area contributed by atoms with Crippen LogP contribution in [-0.4, -0.2) is 23.5 Å². The highest BCUT2D eigenvalue weighted by Gasteiger charge is 2.16. The van der Waals surface area contributed by atoms with Crippen molar-refractivity contribution < 1.29 is 19.1 Å². The van der Waals surface area contributed by atoms with Crippen molar-refractivity contribution in [3.63, 3.8) is 0 Å². The summed E-state index contributed by atoms with van der Waals surface area (Å²) in [6, 6.07) is 11.6. The maximum absolute atomic E-state index is 12.8. The minimum Gasteiger partial charge on any atom is -0.387 e. The van der Waals surface area contributed by atoms with Crippen LogP contribution in [-0.2, 0) is 9.59 Å². The van der Waals surface area contributed by atoms with Gasteiger partial charge in [-0.15, -0.1) is 0 Å². The predicted octanol–water partition coefficient (Wildman–Crippen LogP) is 2.27. The van der Waals surface area contributed by atoms with Crippen LogP contribution in [0, 0.1) is 5.82 Å². The molecule has 3 N–H and O–H groups in total. The largest absolute Gasteiger partial charge is 0.387 e. The summed E-state index contributed by atoms with van der Waals surface area (Å²) >= 11 is 5.78. The summed E-state index contributed by atoms with van der Waals surface area (Å²) in [6.07, 6.45) is -1.04. The lowest BCUT2D eigenvalue weighted by Gasteiger charge is -2.12. The fourth-order valence-corrected chi connectivity index (χ4v) is 2.02. The number of amides is 2. The first-order valence-corrected chi connectivity index (χ1v) is 7.12. The summed E-state index contributed by atoms with van der Waals surface area (Å²) in [5, 5.41) is 15.0. The smallest absolute Gasteiger partial charge is 0.313 e. The maximum Gasteiger partial charge on any atom is 0.313 e. The zero-order valence-corrected chi connectivity index (χ0v) is 12.7. The molecule has 2 aromatic carbocycles. The third-order valence-electron chi connectivity index (χ3n) is 3.00. The molecule has 0 aliphatic rings. The number of carbonyl (C=O) groups excluding carboxylic acids is 2. The Balaban J connectivity index is 1.86. The fourth-order valence-electron chi connectivity index (χ4n) is 1.83. The van der Waals surface area contributed by atoms with Gasteiger partial charge in [-0.25, -0.2) is 4.39 Å². The lowest BCUT2D eigenvalue weighted by atomic mass is 10.1. The van der Waals surface area contributed by atoms with Gasteiger partial charge in [0.15, 0.2) is 0 Å². The molecule has 2 amide bonds.